The summed E-state index contributed by atoms with van der Waals surface area (Å²) in [7, 11) is 0. The average molecular weight is 281 g/mol. The molecule has 20 heavy (non-hydrogen) atoms. The molecule has 0 amide bonds. The molecule has 10 heteroatoms. The number of aliphatic hydroxyl groups excluding tert-OH is 2. The lowest BCUT2D eigenvalue weighted by molar-refractivity contribution is -0.0149. The third-order valence-electron chi connectivity index (χ3n) is 3.21. The summed E-state index contributed by atoms with van der Waals surface area (Å²) in [6.07, 6.45) is -0.944. The number of H-pyrrole nitrogens is 1. The lowest BCUT2D eigenvalue weighted by Gasteiger charge is -2.18. The second kappa shape index (κ2) is 4.83. The molecule has 1 saturated heterocycles. The number of aliphatic hydroxyl groups is 2. The first-order chi connectivity index (χ1) is 9.60. The molecule has 10 nitrogen and oxygen atoms in total. The van der Waals surface area contributed by atoms with Crippen LogP contribution < -0.4 is 16.8 Å². The number of nitrogens with zero attached hydrogens (tertiary/aromatic N) is 3. The van der Waals surface area contributed by atoms with E-state index < -0.39 is 24.5 Å². The number of hydrogen-bond donors (Lipinski definition) is 6. The minimum absolute atomic E-state index is 0.0536. The first-order valence-corrected chi connectivity index (χ1v) is 6.03. The van der Waals surface area contributed by atoms with Gasteiger partial charge in [0.05, 0.1) is 19.0 Å². The van der Waals surface area contributed by atoms with Crippen LogP contribution in [0, 0.1) is 0 Å². The standard InChI is InChI=1S/C10H15N7O3/c11-4-6(19)3(1-18)20-9(4)15-8-5-7(14-2-13-5)16-10(12)17-8/h2-4,6,9,18-19H,1,11H2,(H4,12,13,14,15,16,17)/t3-,4-,6-,9-/m1/s1. The highest BCUT2D eigenvalue weighted by molar-refractivity contribution is 5.83. The fourth-order valence-corrected chi connectivity index (χ4v) is 2.16. The van der Waals surface area contributed by atoms with Gasteiger partial charge in [0, 0.05) is 0 Å². The van der Waals surface area contributed by atoms with Crippen molar-refractivity contribution < 1.29 is 14.9 Å². The topological polar surface area (TPSA) is 168 Å². The second-order valence-electron chi connectivity index (χ2n) is 4.52. The minimum Gasteiger partial charge on any atom is -0.394 e. The molecule has 1 aliphatic rings. The van der Waals surface area contributed by atoms with Gasteiger partial charge >= 0.3 is 0 Å². The van der Waals surface area contributed by atoms with Gasteiger partial charge in [0.2, 0.25) is 5.95 Å². The molecule has 4 atom stereocenters. The minimum atomic E-state index is -0.964. The summed E-state index contributed by atoms with van der Waals surface area (Å²) in [5.41, 5.74) is 12.4. The highest BCUT2D eigenvalue weighted by Gasteiger charge is 2.41. The first kappa shape index (κ1) is 13.0. The molecular formula is C10H15N7O3. The number of ether oxygens (including phenoxy) is 1. The van der Waals surface area contributed by atoms with Crippen molar-refractivity contribution in [2.75, 3.05) is 17.7 Å². The molecule has 8 N–H and O–H groups in total. The van der Waals surface area contributed by atoms with Gasteiger partial charge in [-0.2, -0.15) is 9.97 Å². The van der Waals surface area contributed by atoms with Gasteiger partial charge in [-0.05, 0) is 0 Å². The lowest BCUT2D eigenvalue weighted by atomic mass is 10.1. The lowest BCUT2D eigenvalue weighted by Crippen LogP contribution is -2.44. The fraction of sp³-hybridized carbons (Fsp3) is 0.500. The maximum Gasteiger partial charge on any atom is 0.224 e. The molecule has 2 aromatic heterocycles. The summed E-state index contributed by atoms with van der Waals surface area (Å²) in [4.78, 5) is 14.9. The van der Waals surface area contributed by atoms with E-state index in [2.05, 4.69) is 25.3 Å². The van der Waals surface area contributed by atoms with Crippen LogP contribution in [0.2, 0.25) is 0 Å². The summed E-state index contributed by atoms with van der Waals surface area (Å²) in [5, 5.41) is 21.8. The van der Waals surface area contributed by atoms with Crippen LogP contribution in [0.3, 0.4) is 0 Å². The van der Waals surface area contributed by atoms with Crippen LogP contribution in [0.4, 0.5) is 11.8 Å². The maximum absolute atomic E-state index is 9.81. The zero-order chi connectivity index (χ0) is 14.3. The molecule has 0 radical (unpaired) electrons. The number of fused-ring (bicyclic) bond motifs is 1. The third-order valence-corrected chi connectivity index (χ3v) is 3.21. The molecule has 0 spiro atoms. The smallest absolute Gasteiger partial charge is 0.224 e. The van der Waals surface area contributed by atoms with Crippen LogP contribution in [-0.2, 0) is 4.74 Å². The van der Waals surface area contributed by atoms with Crippen LogP contribution >= 0.6 is 0 Å². The molecule has 2 aromatic rings. The monoisotopic (exact) mass is 281 g/mol. The van der Waals surface area contributed by atoms with Crippen LogP contribution in [0.25, 0.3) is 11.2 Å². The Morgan fingerprint density at radius 2 is 2.25 bits per heavy atom. The molecule has 1 aliphatic heterocycles. The van der Waals surface area contributed by atoms with E-state index >= 15 is 0 Å². The van der Waals surface area contributed by atoms with Gasteiger partial charge in [0.15, 0.2) is 11.5 Å². The van der Waals surface area contributed by atoms with E-state index in [1.165, 1.54) is 6.33 Å². The van der Waals surface area contributed by atoms with E-state index in [1.54, 1.807) is 0 Å². The highest BCUT2D eigenvalue weighted by atomic mass is 16.5. The zero-order valence-electron chi connectivity index (χ0n) is 10.4. The van der Waals surface area contributed by atoms with Crippen molar-refractivity contribution >= 4 is 22.9 Å². The van der Waals surface area contributed by atoms with Crippen molar-refractivity contribution in [3.63, 3.8) is 0 Å². The highest BCUT2D eigenvalue weighted by Crippen LogP contribution is 2.24. The Kier molecular flexibility index (Phi) is 3.14. The number of anilines is 2. The molecule has 1 fully saturated rings. The van der Waals surface area contributed by atoms with Gasteiger partial charge in [-0.1, -0.05) is 0 Å². The Bertz CT molecular complexity index is 618. The zero-order valence-corrected chi connectivity index (χ0v) is 10.4. The van der Waals surface area contributed by atoms with E-state index in [0.717, 1.165) is 0 Å². The fourth-order valence-electron chi connectivity index (χ4n) is 2.16. The Morgan fingerprint density at radius 3 is 2.95 bits per heavy atom. The van der Waals surface area contributed by atoms with Gasteiger partial charge < -0.3 is 36.7 Å². The number of aromatic nitrogens is 4. The van der Waals surface area contributed by atoms with Crippen molar-refractivity contribution in [1.82, 2.24) is 19.9 Å². The summed E-state index contributed by atoms with van der Waals surface area (Å²) in [6, 6.07) is -0.707. The predicted molar refractivity (Wildman–Crippen MR) is 69.4 cm³/mol. The largest absolute Gasteiger partial charge is 0.394 e. The van der Waals surface area contributed by atoms with E-state index in [1.807, 2.05) is 0 Å². The van der Waals surface area contributed by atoms with Crippen LogP contribution in [0.15, 0.2) is 6.33 Å². The van der Waals surface area contributed by atoms with Crippen molar-refractivity contribution in [2.24, 2.45) is 5.73 Å². The van der Waals surface area contributed by atoms with Crippen molar-refractivity contribution in [2.45, 2.75) is 24.5 Å². The molecule has 0 bridgehead atoms. The van der Waals surface area contributed by atoms with E-state index in [0.29, 0.717) is 17.0 Å². The van der Waals surface area contributed by atoms with Crippen LogP contribution in [0.5, 0.6) is 0 Å². The van der Waals surface area contributed by atoms with Crippen molar-refractivity contribution in [3.8, 4) is 0 Å². The molecule has 0 unspecified atom stereocenters. The van der Waals surface area contributed by atoms with Gasteiger partial charge in [-0.3, -0.25) is 0 Å². The molecule has 0 saturated carbocycles. The number of rotatable bonds is 3. The first-order valence-electron chi connectivity index (χ1n) is 6.03. The second-order valence-corrected chi connectivity index (χ2v) is 4.52. The quantitative estimate of drug-likeness (QED) is 0.364. The molecular weight excluding hydrogens is 266 g/mol. The van der Waals surface area contributed by atoms with Crippen LogP contribution in [0.1, 0.15) is 0 Å². The Labute approximate surface area is 113 Å². The SMILES string of the molecule is Nc1nc(N[C@@H]2O[C@H](CO)[C@@H](O)[C@H]2N)c2[nH]cnc2n1. The summed E-state index contributed by atoms with van der Waals surface area (Å²) < 4.78 is 5.43. The maximum atomic E-state index is 9.81. The number of nitrogens with two attached hydrogens (primary N) is 2. The van der Waals surface area contributed by atoms with Gasteiger partial charge in [-0.25, -0.2) is 4.98 Å². The summed E-state index contributed by atoms with van der Waals surface area (Å²) >= 11 is 0. The molecule has 108 valence electrons. The normalized spacial score (nSPS) is 29.9. The van der Waals surface area contributed by atoms with Crippen molar-refractivity contribution in [3.05, 3.63) is 6.33 Å². The molecule has 3 rings (SSSR count). The molecule has 0 aromatic carbocycles. The summed E-state index contributed by atoms with van der Waals surface area (Å²) in [6.45, 7) is -0.321. The van der Waals surface area contributed by atoms with Gasteiger partial charge in [0.25, 0.3) is 0 Å². The Balaban J connectivity index is 1.88. The number of nitrogens with one attached hydrogen (secondary N) is 2. The van der Waals surface area contributed by atoms with E-state index in [-0.39, 0.29) is 12.6 Å². The number of imidazole rings is 1. The molecule has 3 heterocycles. The van der Waals surface area contributed by atoms with Crippen LogP contribution in [-0.4, -0.2) is 61.2 Å². The Morgan fingerprint density at radius 1 is 1.45 bits per heavy atom. The van der Waals surface area contributed by atoms with E-state index in [4.69, 9.17) is 21.3 Å². The van der Waals surface area contributed by atoms with E-state index in [9.17, 15) is 5.11 Å². The third kappa shape index (κ3) is 2.04. The van der Waals surface area contributed by atoms with Crippen molar-refractivity contribution in [1.29, 1.82) is 0 Å². The summed E-state index contributed by atoms with van der Waals surface area (Å²) in [5.74, 6) is 0.425. The van der Waals surface area contributed by atoms with Gasteiger partial charge in [-0.15, -0.1) is 0 Å². The molecule has 0 aliphatic carbocycles. The Hall–Kier alpha value is -2.01. The number of nitrogen functional groups attached to an aromatic ring is 1. The average Bonchev–Trinajstić information content (AvgIpc) is 2.98. The van der Waals surface area contributed by atoms with Gasteiger partial charge in [0.1, 0.15) is 24.0 Å². The predicted octanol–water partition coefficient (Wildman–Crippen LogP) is -2.25. The number of aromatic amines is 1. The number of hydrogen-bond acceptors (Lipinski definition) is 9.